The standard InChI is InChI=1S/C15H23N3O/c1-17-8-5-9-18(11-10-17)15(19)12-14(16)13-6-3-2-4-7-13/h2-4,6-7,14H,5,8-12,16H2,1H3. The van der Waals surface area contributed by atoms with Crippen LogP contribution >= 0.6 is 0 Å². The van der Waals surface area contributed by atoms with Crippen molar-refractivity contribution in [2.45, 2.75) is 18.9 Å². The first kappa shape index (κ1) is 14.0. The van der Waals surface area contributed by atoms with Crippen molar-refractivity contribution in [3.8, 4) is 0 Å². The SMILES string of the molecule is CN1CCCN(C(=O)CC(N)c2ccccc2)CC1. The van der Waals surface area contributed by atoms with Crippen molar-refractivity contribution < 1.29 is 4.79 Å². The highest BCUT2D eigenvalue weighted by Crippen LogP contribution is 2.15. The van der Waals surface area contributed by atoms with Crippen LogP contribution in [0.15, 0.2) is 30.3 Å². The van der Waals surface area contributed by atoms with Crippen LogP contribution in [0.1, 0.15) is 24.4 Å². The monoisotopic (exact) mass is 261 g/mol. The van der Waals surface area contributed by atoms with Gasteiger partial charge in [-0.2, -0.15) is 0 Å². The molecule has 1 aliphatic rings. The van der Waals surface area contributed by atoms with E-state index < -0.39 is 0 Å². The predicted molar refractivity (Wildman–Crippen MR) is 76.7 cm³/mol. The zero-order valence-electron chi connectivity index (χ0n) is 11.6. The van der Waals surface area contributed by atoms with Gasteiger partial charge in [-0.05, 0) is 25.6 Å². The first-order valence-corrected chi connectivity index (χ1v) is 6.93. The highest BCUT2D eigenvalue weighted by molar-refractivity contribution is 5.77. The zero-order valence-corrected chi connectivity index (χ0v) is 11.6. The van der Waals surface area contributed by atoms with E-state index in [4.69, 9.17) is 5.73 Å². The van der Waals surface area contributed by atoms with E-state index in [9.17, 15) is 4.79 Å². The highest BCUT2D eigenvalue weighted by Gasteiger charge is 2.20. The summed E-state index contributed by atoms with van der Waals surface area (Å²) in [5.74, 6) is 0.173. The molecule has 0 saturated carbocycles. The van der Waals surface area contributed by atoms with Crippen LogP contribution in [-0.4, -0.2) is 48.9 Å². The normalized spacial score (nSPS) is 18.9. The summed E-state index contributed by atoms with van der Waals surface area (Å²) in [7, 11) is 2.10. The van der Waals surface area contributed by atoms with Gasteiger partial charge in [0.25, 0.3) is 0 Å². The maximum atomic E-state index is 12.3. The molecule has 1 aromatic carbocycles. The van der Waals surface area contributed by atoms with Gasteiger partial charge >= 0.3 is 0 Å². The number of hydrogen-bond acceptors (Lipinski definition) is 3. The fourth-order valence-corrected chi connectivity index (χ4v) is 2.43. The molecule has 104 valence electrons. The second-order valence-electron chi connectivity index (χ2n) is 5.26. The number of nitrogens with two attached hydrogens (primary N) is 1. The molecule has 0 bridgehead atoms. The molecule has 1 aliphatic heterocycles. The third-order valence-corrected chi connectivity index (χ3v) is 3.69. The van der Waals surface area contributed by atoms with Gasteiger partial charge in [-0.15, -0.1) is 0 Å². The van der Waals surface area contributed by atoms with Crippen LogP contribution in [0.4, 0.5) is 0 Å². The minimum absolute atomic E-state index is 0.173. The number of carbonyl (C=O) groups is 1. The minimum Gasteiger partial charge on any atom is -0.341 e. The first-order chi connectivity index (χ1) is 9.16. The lowest BCUT2D eigenvalue weighted by molar-refractivity contribution is -0.131. The van der Waals surface area contributed by atoms with E-state index in [-0.39, 0.29) is 11.9 Å². The summed E-state index contributed by atoms with van der Waals surface area (Å²) in [4.78, 5) is 16.5. The largest absolute Gasteiger partial charge is 0.341 e. The fourth-order valence-electron chi connectivity index (χ4n) is 2.43. The molecular weight excluding hydrogens is 238 g/mol. The van der Waals surface area contributed by atoms with Gasteiger partial charge in [0, 0.05) is 32.1 Å². The van der Waals surface area contributed by atoms with Gasteiger partial charge < -0.3 is 15.5 Å². The third-order valence-electron chi connectivity index (χ3n) is 3.69. The Morgan fingerprint density at radius 2 is 1.95 bits per heavy atom. The number of benzene rings is 1. The van der Waals surface area contributed by atoms with Crippen molar-refractivity contribution in [3.63, 3.8) is 0 Å². The molecule has 1 aromatic rings. The van der Waals surface area contributed by atoms with E-state index in [2.05, 4.69) is 11.9 Å². The lowest BCUT2D eigenvalue weighted by Crippen LogP contribution is -2.36. The molecule has 19 heavy (non-hydrogen) atoms. The highest BCUT2D eigenvalue weighted by atomic mass is 16.2. The maximum Gasteiger partial charge on any atom is 0.224 e. The molecule has 1 amide bonds. The third kappa shape index (κ3) is 4.04. The maximum absolute atomic E-state index is 12.3. The molecule has 4 heteroatoms. The topological polar surface area (TPSA) is 49.6 Å². The molecule has 2 N–H and O–H groups in total. The smallest absolute Gasteiger partial charge is 0.224 e. The molecule has 0 aromatic heterocycles. The van der Waals surface area contributed by atoms with Crippen LogP contribution in [0.2, 0.25) is 0 Å². The molecule has 1 fully saturated rings. The zero-order chi connectivity index (χ0) is 13.7. The van der Waals surface area contributed by atoms with E-state index in [1.807, 2.05) is 35.2 Å². The minimum atomic E-state index is -0.199. The Bertz CT molecular complexity index is 407. The van der Waals surface area contributed by atoms with Crippen molar-refractivity contribution in [2.75, 3.05) is 33.2 Å². The summed E-state index contributed by atoms with van der Waals surface area (Å²) in [6.07, 6.45) is 1.44. The molecule has 0 radical (unpaired) electrons. The number of likely N-dealkylation sites (N-methyl/N-ethyl adjacent to an activating group) is 1. The number of rotatable bonds is 3. The summed E-state index contributed by atoms with van der Waals surface area (Å²) in [6, 6.07) is 9.64. The Morgan fingerprint density at radius 1 is 1.21 bits per heavy atom. The number of carbonyl (C=O) groups excluding carboxylic acids is 1. The van der Waals surface area contributed by atoms with Gasteiger partial charge in [0.2, 0.25) is 5.91 Å². The second kappa shape index (κ2) is 6.68. The van der Waals surface area contributed by atoms with E-state index >= 15 is 0 Å². The van der Waals surface area contributed by atoms with Crippen LogP contribution < -0.4 is 5.73 Å². The second-order valence-corrected chi connectivity index (χ2v) is 5.26. The van der Waals surface area contributed by atoms with E-state index in [1.165, 1.54) is 0 Å². The van der Waals surface area contributed by atoms with E-state index in [0.29, 0.717) is 6.42 Å². The molecule has 4 nitrogen and oxygen atoms in total. The van der Waals surface area contributed by atoms with Gasteiger partial charge in [-0.1, -0.05) is 30.3 Å². The van der Waals surface area contributed by atoms with Crippen molar-refractivity contribution in [3.05, 3.63) is 35.9 Å². The quantitative estimate of drug-likeness (QED) is 0.890. The average Bonchev–Trinajstić information content (AvgIpc) is 2.64. The van der Waals surface area contributed by atoms with Crippen molar-refractivity contribution >= 4 is 5.91 Å². The van der Waals surface area contributed by atoms with Crippen LogP contribution in [0, 0.1) is 0 Å². The fraction of sp³-hybridized carbons (Fsp3) is 0.533. The Hall–Kier alpha value is -1.39. The van der Waals surface area contributed by atoms with Gasteiger partial charge in [-0.3, -0.25) is 4.79 Å². The molecule has 0 spiro atoms. The molecule has 1 atom stereocenters. The van der Waals surface area contributed by atoms with Crippen LogP contribution in [0.3, 0.4) is 0 Å². The molecule has 1 saturated heterocycles. The first-order valence-electron chi connectivity index (χ1n) is 6.93. The van der Waals surface area contributed by atoms with E-state index in [1.54, 1.807) is 0 Å². The number of amides is 1. The van der Waals surface area contributed by atoms with Crippen LogP contribution in [0.25, 0.3) is 0 Å². The van der Waals surface area contributed by atoms with Gasteiger partial charge in [-0.25, -0.2) is 0 Å². The summed E-state index contributed by atoms with van der Waals surface area (Å²) < 4.78 is 0. The number of hydrogen-bond donors (Lipinski definition) is 1. The Morgan fingerprint density at radius 3 is 2.68 bits per heavy atom. The van der Waals surface area contributed by atoms with Gasteiger partial charge in [0.15, 0.2) is 0 Å². The van der Waals surface area contributed by atoms with Crippen LogP contribution in [0.5, 0.6) is 0 Å². The molecule has 0 aliphatic carbocycles. The molecule has 2 rings (SSSR count). The van der Waals surface area contributed by atoms with Gasteiger partial charge in [0.05, 0.1) is 0 Å². The number of nitrogens with zero attached hydrogens (tertiary/aromatic N) is 2. The lowest BCUT2D eigenvalue weighted by atomic mass is 10.0. The Kier molecular flexibility index (Phi) is 4.93. The molecule has 1 unspecified atom stereocenters. The van der Waals surface area contributed by atoms with Crippen molar-refractivity contribution in [1.29, 1.82) is 0 Å². The Labute approximate surface area is 115 Å². The van der Waals surface area contributed by atoms with Crippen molar-refractivity contribution in [2.24, 2.45) is 5.73 Å². The van der Waals surface area contributed by atoms with Crippen molar-refractivity contribution in [1.82, 2.24) is 9.80 Å². The molecular formula is C15H23N3O. The lowest BCUT2D eigenvalue weighted by Gasteiger charge is -2.22. The van der Waals surface area contributed by atoms with E-state index in [0.717, 1.165) is 38.2 Å². The average molecular weight is 261 g/mol. The summed E-state index contributed by atoms with van der Waals surface area (Å²) in [5, 5.41) is 0. The van der Waals surface area contributed by atoms with Gasteiger partial charge in [0.1, 0.15) is 0 Å². The molecule has 1 heterocycles. The summed E-state index contributed by atoms with van der Waals surface area (Å²) >= 11 is 0. The summed E-state index contributed by atoms with van der Waals surface area (Å²) in [5.41, 5.74) is 7.14. The summed E-state index contributed by atoms with van der Waals surface area (Å²) in [6.45, 7) is 3.68. The Balaban J connectivity index is 1.90. The predicted octanol–water partition coefficient (Wildman–Crippen LogP) is 1.24. The van der Waals surface area contributed by atoms with Crippen LogP contribution in [-0.2, 0) is 4.79 Å².